The number of pyridine rings is 2. The fourth-order valence-corrected chi connectivity index (χ4v) is 3.66. The number of fused-ring (bicyclic) bond motifs is 1. The molecule has 4 nitrogen and oxygen atoms in total. The summed E-state index contributed by atoms with van der Waals surface area (Å²) in [5.74, 6) is -0.362. The first-order valence-electron chi connectivity index (χ1n) is 8.87. The average Bonchev–Trinajstić information content (AvgIpc) is 2.70. The number of rotatable bonds is 4. The summed E-state index contributed by atoms with van der Waals surface area (Å²) in [5.41, 5.74) is 2.95. The van der Waals surface area contributed by atoms with Crippen LogP contribution in [0.25, 0.3) is 10.9 Å². The van der Waals surface area contributed by atoms with Gasteiger partial charge in [-0.2, -0.15) is 0 Å². The smallest absolute Gasteiger partial charge is 0.216 e. The number of aryl methyl sites for hydroxylation is 1. The van der Waals surface area contributed by atoms with Crippen molar-refractivity contribution in [3.63, 3.8) is 0 Å². The van der Waals surface area contributed by atoms with E-state index in [2.05, 4.69) is 20.9 Å². The van der Waals surface area contributed by atoms with E-state index in [9.17, 15) is 9.59 Å². The quantitative estimate of drug-likeness (QED) is 0.437. The van der Waals surface area contributed by atoms with Crippen LogP contribution >= 0.6 is 15.9 Å². The number of carbonyl (C=O) groups is 1. The summed E-state index contributed by atoms with van der Waals surface area (Å²) < 4.78 is 2.93. The molecule has 4 aromatic rings. The second-order valence-electron chi connectivity index (χ2n) is 6.70. The molecule has 0 spiro atoms. The van der Waals surface area contributed by atoms with Gasteiger partial charge in [0, 0.05) is 28.8 Å². The van der Waals surface area contributed by atoms with E-state index in [1.807, 2.05) is 60.0 Å². The van der Waals surface area contributed by atoms with Gasteiger partial charge in [-0.25, -0.2) is 0 Å². The first kappa shape index (κ1) is 18.3. The molecule has 0 atom stereocenters. The van der Waals surface area contributed by atoms with Gasteiger partial charge in [0.2, 0.25) is 11.2 Å². The largest absolute Gasteiger partial charge is 0.342 e. The van der Waals surface area contributed by atoms with Crippen LogP contribution in [0.1, 0.15) is 27.2 Å². The van der Waals surface area contributed by atoms with Crippen LogP contribution in [0.15, 0.2) is 82.3 Å². The highest BCUT2D eigenvalue weighted by Gasteiger charge is 2.18. The summed E-state index contributed by atoms with van der Waals surface area (Å²) in [4.78, 5) is 30.2. The summed E-state index contributed by atoms with van der Waals surface area (Å²) in [6, 6.07) is 18.8. The summed E-state index contributed by atoms with van der Waals surface area (Å²) in [6.45, 7) is 2.45. The highest BCUT2D eigenvalue weighted by atomic mass is 79.9. The Hall–Kier alpha value is -3.05. The number of halogens is 1. The summed E-state index contributed by atoms with van der Waals surface area (Å²) >= 11 is 3.49. The van der Waals surface area contributed by atoms with Crippen LogP contribution in [0.3, 0.4) is 0 Å². The fraction of sp³-hybridized carbons (Fsp3) is 0.0870. The van der Waals surface area contributed by atoms with E-state index in [1.165, 1.54) is 0 Å². The Kier molecular flexibility index (Phi) is 4.92. The zero-order chi connectivity index (χ0) is 19.7. The molecule has 0 unspecified atom stereocenters. The third-order valence-electron chi connectivity index (χ3n) is 4.62. The number of hydrogen-bond acceptors (Lipinski definition) is 3. The van der Waals surface area contributed by atoms with Gasteiger partial charge in [-0.05, 0) is 48.4 Å². The van der Waals surface area contributed by atoms with Crippen LogP contribution in [-0.2, 0) is 6.54 Å². The number of aromatic nitrogens is 2. The van der Waals surface area contributed by atoms with Crippen molar-refractivity contribution in [3.05, 3.63) is 110 Å². The maximum Gasteiger partial charge on any atom is 0.216 e. The molecule has 28 heavy (non-hydrogen) atoms. The molecule has 4 rings (SSSR count). The van der Waals surface area contributed by atoms with Crippen molar-refractivity contribution in [1.29, 1.82) is 0 Å². The molecule has 2 aromatic carbocycles. The van der Waals surface area contributed by atoms with Gasteiger partial charge < -0.3 is 4.57 Å². The van der Waals surface area contributed by atoms with E-state index in [1.54, 1.807) is 24.5 Å². The van der Waals surface area contributed by atoms with E-state index in [0.717, 1.165) is 21.1 Å². The lowest BCUT2D eigenvalue weighted by molar-refractivity contribution is 0.103. The lowest BCUT2D eigenvalue weighted by Gasteiger charge is -2.13. The Bertz CT molecular complexity index is 1240. The summed E-state index contributed by atoms with van der Waals surface area (Å²) in [6.07, 6.45) is 3.28. The van der Waals surface area contributed by atoms with Crippen molar-refractivity contribution in [2.45, 2.75) is 13.5 Å². The van der Waals surface area contributed by atoms with Crippen molar-refractivity contribution in [2.75, 3.05) is 0 Å². The van der Waals surface area contributed by atoms with E-state index >= 15 is 0 Å². The zero-order valence-corrected chi connectivity index (χ0v) is 16.8. The molecule has 0 N–H and O–H groups in total. The normalized spacial score (nSPS) is 10.9. The van der Waals surface area contributed by atoms with Gasteiger partial charge in [-0.3, -0.25) is 14.6 Å². The third kappa shape index (κ3) is 3.53. The van der Waals surface area contributed by atoms with Gasteiger partial charge in [0.05, 0.1) is 11.1 Å². The van der Waals surface area contributed by atoms with Crippen molar-refractivity contribution in [2.24, 2.45) is 0 Å². The number of carbonyl (C=O) groups excluding carboxylic acids is 1. The Balaban J connectivity index is 1.87. The topological polar surface area (TPSA) is 52.0 Å². The Morgan fingerprint density at radius 2 is 1.89 bits per heavy atom. The molecule has 0 aliphatic heterocycles. The van der Waals surface area contributed by atoms with Crippen LogP contribution in [0, 0.1) is 6.92 Å². The molecule has 0 saturated carbocycles. The van der Waals surface area contributed by atoms with Gasteiger partial charge in [0.25, 0.3) is 0 Å². The highest BCUT2D eigenvalue weighted by Crippen LogP contribution is 2.18. The van der Waals surface area contributed by atoms with Gasteiger partial charge >= 0.3 is 0 Å². The van der Waals surface area contributed by atoms with Crippen LogP contribution in [-0.4, -0.2) is 15.3 Å². The minimum Gasteiger partial charge on any atom is -0.342 e. The second-order valence-corrected chi connectivity index (χ2v) is 7.61. The zero-order valence-electron chi connectivity index (χ0n) is 15.2. The van der Waals surface area contributed by atoms with E-state index in [4.69, 9.17) is 0 Å². The van der Waals surface area contributed by atoms with Crippen molar-refractivity contribution in [1.82, 2.24) is 9.55 Å². The van der Waals surface area contributed by atoms with Crippen LogP contribution in [0.2, 0.25) is 0 Å². The maximum atomic E-state index is 13.0. The molecule has 0 aliphatic rings. The molecule has 0 bridgehead atoms. The van der Waals surface area contributed by atoms with Crippen molar-refractivity contribution in [3.8, 4) is 0 Å². The Morgan fingerprint density at radius 1 is 1.07 bits per heavy atom. The monoisotopic (exact) mass is 432 g/mol. The average molecular weight is 433 g/mol. The Morgan fingerprint density at radius 3 is 2.64 bits per heavy atom. The lowest BCUT2D eigenvalue weighted by atomic mass is 10.0. The Labute approximate surface area is 170 Å². The van der Waals surface area contributed by atoms with Crippen LogP contribution in [0.5, 0.6) is 0 Å². The standard InChI is InChI=1S/C23H17BrN2O2/c1-15-9-10-20(25-12-15)23(28)19-14-26(13-16-5-4-6-17(24)11-16)21-8-3-2-7-18(21)22(19)27/h2-12,14H,13H2,1H3. The molecular formula is C23H17BrN2O2. The van der Waals surface area contributed by atoms with Crippen LogP contribution in [0.4, 0.5) is 0 Å². The SMILES string of the molecule is Cc1ccc(C(=O)c2cn(Cc3cccc(Br)c3)c3ccccc3c2=O)nc1. The highest BCUT2D eigenvalue weighted by molar-refractivity contribution is 9.10. The first-order valence-corrected chi connectivity index (χ1v) is 9.66. The van der Waals surface area contributed by atoms with Crippen molar-refractivity contribution < 1.29 is 4.79 Å². The summed E-state index contributed by atoms with van der Waals surface area (Å²) in [7, 11) is 0. The van der Waals surface area contributed by atoms with E-state index in [0.29, 0.717) is 11.9 Å². The van der Waals surface area contributed by atoms with E-state index in [-0.39, 0.29) is 22.5 Å². The number of para-hydroxylation sites is 1. The van der Waals surface area contributed by atoms with Crippen LogP contribution < -0.4 is 5.43 Å². The molecule has 2 heterocycles. The molecule has 0 saturated heterocycles. The molecule has 0 fully saturated rings. The minimum absolute atomic E-state index is 0.130. The predicted molar refractivity (Wildman–Crippen MR) is 114 cm³/mol. The van der Waals surface area contributed by atoms with E-state index < -0.39 is 0 Å². The number of ketones is 1. The molecule has 2 aromatic heterocycles. The second kappa shape index (κ2) is 7.52. The van der Waals surface area contributed by atoms with Gasteiger partial charge in [-0.15, -0.1) is 0 Å². The summed E-state index contributed by atoms with van der Waals surface area (Å²) in [5, 5.41) is 0.524. The van der Waals surface area contributed by atoms with Gasteiger partial charge in [-0.1, -0.05) is 46.3 Å². The number of benzene rings is 2. The molecule has 5 heteroatoms. The molecular weight excluding hydrogens is 416 g/mol. The van der Waals surface area contributed by atoms with Gasteiger partial charge in [0.1, 0.15) is 5.69 Å². The maximum absolute atomic E-state index is 13.0. The first-order chi connectivity index (χ1) is 13.5. The predicted octanol–water partition coefficient (Wildman–Crippen LogP) is 4.75. The van der Waals surface area contributed by atoms with Gasteiger partial charge in [0.15, 0.2) is 0 Å². The van der Waals surface area contributed by atoms with Crippen molar-refractivity contribution >= 4 is 32.6 Å². The fourth-order valence-electron chi connectivity index (χ4n) is 3.21. The molecule has 0 aliphatic carbocycles. The molecule has 0 amide bonds. The number of hydrogen-bond donors (Lipinski definition) is 0. The third-order valence-corrected chi connectivity index (χ3v) is 5.11. The molecule has 0 radical (unpaired) electrons. The molecule has 138 valence electrons. The lowest BCUT2D eigenvalue weighted by Crippen LogP contribution is -2.20. The minimum atomic E-state index is -0.362. The number of nitrogens with zero attached hydrogens (tertiary/aromatic N) is 2.